The summed E-state index contributed by atoms with van der Waals surface area (Å²) in [5.74, 6) is -0.701. The molecule has 0 spiro atoms. The number of aromatic nitrogens is 6. The van der Waals surface area contributed by atoms with E-state index in [9.17, 15) is 13.6 Å². The van der Waals surface area contributed by atoms with Gasteiger partial charge in [0.25, 0.3) is 0 Å². The van der Waals surface area contributed by atoms with Crippen LogP contribution in [0.25, 0.3) is 78.7 Å². The van der Waals surface area contributed by atoms with E-state index in [1.807, 2.05) is 77.3 Å². The predicted octanol–water partition coefficient (Wildman–Crippen LogP) is 12.6. The number of benzene rings is 6. The van der Waals surface area contributed by atoms with Gasteiger partial charge in [-0.15, -0.1) is 0 Å². The Bertz CT molecular complexity index is 3490. The Morgan fingerprint density at radius 1 is 0.507 bits per heavy atom. The number of halogens is 2. The molecule has 0 amide bonds. The van der Waals surface area contributed by atoms with Gasteiger partial charge in [0.2, 0.25) is 0 Å². The van der Waals surface area contributed by atoms with Crippen LogP contribution in [-0.4, -0.2) is 35.0 Å². The number of hydrogen-bond acceptors (Lipinski definition) is 7. The largest absolute Gasteiger partial charge is 0.321 e. The molecule has 2 aliphatic carbocycles. The first-order valence-corrected chi connectivity index (χ1v) is 23.3. The number of Topliss-reactive ketones (excluding diaryl/α,β-unsaturated/α-hetero) is 1. The molecule has 10 aromatic rings. The van der Waals surface area contributed by atoms with E-state index in [2.05, 4.69) is 53.6 Å². The highest BCUT2D eigenvalue weighted by Crippen LogP contribution is 2.42. The molecule has 69 heavy (non-hydrogen) atoms. The average Bonchev–Trinajstić information content (AvgIpc) is 3.95. The van der Waals surface area contributed by atoms with E-state index >= 15 is 0 Å². The number of hydrogen-bond donors (Lipinski definition) is 2. The van der Waals surface area contributed by atoms with Crippen molar-refractivity contribution in [3.8, 4) is 67.4 Å². The van der Waals surface area contributed by atoms with Gasteiger partial charge in [0, 0.05) is 51.4 Å². The third-order valence-electron chi connectivity index (χ3n) is 13.8. The molecule has 0 unspecified atom stereocenters. The fraction of sp³-hybridized carbons (Fsp3) is 0.155. The minimum atomic E-state index is -0.317. The summed E-state index contributed by atoms with van der Waals surface area (Å²) in [5.41, 5.74) is 27.0. The summed E-state index contributed by atoms with van der Waals surface area (Å²) in [6.45, 7) is 1.52. The second-order valence-electron chi connectivity index (χ2n) is 18.3. The average molecular weight is 911 g/mol. The first kappa shape index (κ1) is 43.6. The van der Waals surface area contributed by atoms with Crippen molar-refractivity contribution in [2.24, 2.45) is 11.5 Å². The maximum Gasteiger partial charge on any atom is 0.179 e. The number of carbonyl (C=O) groups is 1. The van der Waals surface area contributed by atoms with Crippen molar-refractivity contribution < 1.29 is 13.6 Å². The van der Waals surface area contributed by atoms with Gasteiger partial charge in [-0.2, -0.15) is 10.2 Å². The lowest BCUT2D eigenvalue weighted by Gasteiger charge is -2.38. The third-order valence-corrected chi connectivity index (χ3v) is 13.8. The van der Waals surface area contributed by atoms with Crippen LogP contribution in [-0.2, 0) is 11.1 Å². The normalized spacial score (nSPS) is 14.7. The molecule has 0 atom stereocenters. The Hall–Kier alpha value is -7.99. The summed E-state index contributed by atoms with van der Waals surface area (Å²) >= 11 is 0. The Morgan fingerprint density at radius 3 is 1.45 bits per heavy atom. The van der Waals surface area contributed by atoms with Crippen LogP contribution in [0.15, 0.2) is 176 Å². The molecule has 11 heteroatoms. The fourth-order valence-electron chi connectivity index (χ4n) is 9.47. The second-order valence-corrected chi connectivity index (χ2v) is 18.3. The zero-order valence-corrected chi connectivity index (χ0v) is 38.0. The highest BCUT2D eigenvalue weighted by Gasteiger charge is 2.35. The molecule has 340 valence electrons. The molecule has 2 fully saturated rings. The van der Waals surface area contributed by atoms with Crippen molar-refractivity contribution in [1.29, 1.82) is 0 Å². The number of fused-ring (bicyclic) bond motifs is 2. The lowest BCUT2D eigenvalue weighted by atomic mass is 9.72. The first-order valence-electron chi connectivity index (χ1n) is 23.3. The lowest BCUT2D eigenvalue weighted by Crippen LogP contribution is -2.43. The zero-order valence-electron chi connectivity index (χ0n) is 38.0. The fourth-order valence-corrected chi connectivity index (χ4v) is 9.47. The van der Waals surface area contributed by atoms with Gasteiger partial charge >= 0.3 is 0 Å². The monoisotopic (exact) mass is 910 g/mol. The van der Waals surface area contributed by atoms with E-state index in [1.54, 1.807) is 34.8 Å². The predicted molar refractivity (Wildman–Crippen MR) is 268 cm³/mol. The second kappa shape index (κ2) is 17.6. The summed E-state index contributed by atoms with van der Waals surface area (Å²) in [5, 5.41) is 9.58. The number of nitrogens with zero attached hydrogens (tertiary/aromatic N) is 6. The smallest absolute Gasteiger partial charge is 0.179 e. The zero-order chi connectivity index (χ0) is 47.3. The standard InChI is InChI=1S/C34H26F2N4.C24H22N4O/c35-27-15-9-22(10-16-27)29-21-30(23-11-17-28(36)18-12-23)39-40-32(25-5-2-1-3-6-25)31(38-33(29)40)24-7-13-26(14-8-24)34(37)19-4-20-34;1-16(29)20-12-13-21-26-22(23(28(21)27-20)18-6-3-2-4-7-18)17-8-10-19(11-9-17)24(25)14-5-15-24/h1-3,5-18,21H,4,19-20,37H2;2-4,6-13H,5,14-15,25H2,1H3. The van der Waals surface area contributed by atoms with Crippen molar-refractivity contribution in [1.82, 2.24) is 29.2 Å². The molecule has 0 saturated heterocycles. The molecule has 0 bridgehead atoms. The molecule has 12 rings (SSSR count). The maximum atomic E-state index is 13.9. The molecule has 0 radical (unpaired) electrons. The molecule has 4 aromatic heterocycles. The number of imidazole rings is 2. The van der Waals surface area contributed by atoms with Gasteiger partial charge < -0.3 is 11.5 Å². The summed E-state index contributed by atoms with van der Waals surface area (Å²) in [6, 6.07) is 54.9. The van der Waals surface area contributed by atoms with Crippen molar-refractivity contribution in [3.05, 3.63) is 204 Å². The Morgan fingerprint density at radius 2 is 0.971 bits per heavy atom. The van der Waals surface area contributed by atoms with Gasteiger partial charge in [-0.05, 0) is 110 Å². The number of rotatable bonds is 9. The van der Waals surface area contributed by atoms with E-state index in [1.165, 1.54) is 43.2 Å². The van der Waals surface area contributed by atoms with E-state index in [0.717, 1.165) is 99.4 Å². The van der Waals surface area contributed by atoms with Crippen LogP contribution in [0.4, 0.5) is 8.78 Å². The molecule has 0 aliphatic heterocycles. The maximum absolute atomic E-state index is 13.9. The summed E-state index contributed by atoms with van der Waals surface area (Å²) in [7, 11) is 0. The molecular weight excluding hydrogens is 863 g/mol. The molecule has 6 aromatic carbocycles. The molecule has 4 heterocycles. The van der Waals surface area contributed by atoms with Gasteiger partial charge in [-0.3, -0.25) is 4.79 Å². The van der Waals surface area contributed by atoms with E-state index in [0.29, 0.717) is 22.7 Å². The van der Waals surface area contributed by atoms with E-state index < -0.39 is 0 Å². The Labute approximate surface area is 398 Å². The van der Waals surface area contributed by atoms with E-state index in [4.69, 9.17) is 26.5 Å². The van der Waals surface area contributed by atoms with Crippen molar-refractivity contribution >= 4 is 17.1 Å². The first-order chi connectivity index (χ1) is 33.5. The molecule has 9 nitrogen and oxygen atoms in total. The quantitative estimate of drug-likeness (QED) is 0.138. The van der Waals surface area contributed by atoms with Crippen LogP contribution in [0.5, 0.6) is 0 Å². The summed E-state index contributed by atoms with van der Waals surface area (Å²) < 4.78 is 31.3. The van der Waals surface area contributed by atoms with Crippen LogP contribution >= 0.6 is 0 Å². The van der Waals surface area contributed by atoms with Crippen molar-refractivity contribution in [2.45, 2.75) is 56.5 Å². The minimum absolute atomic E-state index is 0.0701. The Balaban J connectivity index is 0.000000159. The Kier molecular flexibility index (Phi) is 11.1. The van der Waals surface area contributed by atoms with Crippen molar-refractivity contribution in [2.75, 3.05) is 0 Å². The van der Waals surface area contributed by atoms with Gasteiger partial charge in [-0.25, -0.2) is 27.8 Å². The van der Waals surface area contributed by atoms with Gasteiger partial charge in [0.1, 0.15) is 28.7 Å². The van der Waals surface area contributed by atoms with Gasteiger partial charge in [-0.1, -0.05) is 121 Å². The summed E-state index contributed by atoms with van der Waals surface area (Å²) in [4.78, 5) is 21.9. The highest BCUT2D eigenvalue weighted by molar-refractivity contribution is 5.93. The SMILES string of the molecule is CC(=O)c1ccc2nc(-c3ccc(C4(N)CCC4)cc3)c(-c3ccccc3)n2n1.NC1(c2ccc(-c3nc4c(-c5ccc(F)cc5)cc(-c5ccc(F)cc5)nn4c3-c3ccccc3)cc2)CCC1. The van der Waals surface area contributed by atoms with E-state index in [-0.39, 0.29) is 28.5 Å². The molecule has 2 saturated carbocycles. The molecular formula is C58H48F2N8O. The third kappa shape index (κ3) is 8.19. The van der Waals surface area contributed by atoms with Crippen LogP contribution in [0.1, 0.15) is 67.1 Å². The molecule has 2 aliphatic rings. The lowest BCUT2D eigenvalue weighted by molar-refractivity contribution is 0.101. The number of carbonyl (C=O) groups excluding carboxylic acids is 1. The summed E-state index contributed by atoms with van der Waals surface area (Å²) in [6.07, 6.45) is 6.39. The van der Waals surface area contributed by atoms with Crippen LogP contribution < -0.4 is 11.5 Å². The highest BCUT2D eigenvalue weighted by atomic mass is 19.1. The van der Waals surface area contributed by atoms with Crippen LogP contribution in [0, 0.1) is 11.6 Å². The minimum Gasteiger partial charge on any atom is -0.321 e. The molecule has 4 N–H and O–H groups in total. The number of ketones is 1. The van der Waals surface area contributed by atoms with Crippen LogP contribution in [0.3, 0.4) is 0 Å². The van der Waals surface area contributed by atoms with Gasteiger partial charge in [0.15, 0.2) is 17.1 Å². The van der Waals surface area contributed by atoms with Crippen LogP contribution in [0.2, 0.25) is 0 Å². The van der Waals surface area contributed by atoms with Gasteiger partial charge in [0.05, 0.1) is 17.1 Å². The number of nitrogens with two attached hydrogens (primary N) is 2. The topological polar surface area (TPSA) is 129 Å². The van der Waals surface area contributed by atoms with Crippen molar-refractivity contribution in [3.63, 3.8) is 0 Å².